The third kappa shape index (κ3) is 4.12. The molecule has 0 bridgehead atoms. The predicted octanol–water partition coefficient (Wildman–Crippen LogP) is 1.32. The van der Waals surface area contributed by atoms with Gasteiger partial charge in [-0.05, 0) is 45.1 Å². The fourth-order valence-corrected chi connectivity index (χ4v) is 3.77. The second-order valence-electron chi connectivity index (χ2n) is 7.27. The van der Waals surface area contributed by atoms with Crippen LogP contribution in [-0.2, 0) is 9.53 Å². The third-order valence-corrected chi connectivity index (χ3v) is 4.93. The average Bonchev–Trinajstić information content (AvgIpc) is 2.61. The molecule has 1 aromatic rings. The summed E-state index contributed by atoms with van der Waals surface area (Å²) in [5.74, 6) is 0.163. The van der Waals surface area contributed by atoms with Crippen molar-refractivity contribution in [1.82, 2.24) is 9.80 Å². The Balaban J connectivity index is 1.73. The lowest BCUT2D eigenvalue weighted by atomic mass is 9.90. The quantitative estimate of drug-likeness (QED) is 0.829. The number of piperidine rings is 1. The van der Waals surface area contributed by atoms with Crippen LogP contribution in [0.2, 0.25) is 0 Å². The second-order valence-corrected chi connectivity index (χ2v) is 7.27. The first-order valence-corrected chi connectivity index (χ1v) is 8.83. The molecule has 3 rings (SSSR count). The van der Waals surface area contributed by atoms with Crippen LogP contribution in [-0.4, -0.2) is 74.7 Å². The maximum atomic E-state index is 12.4. The lowest BCUT2D eigenvalue weighted by Gasteiger charge is -2.48. The maximum absolute atomic E-state index is 12.4. The molecular formula is C19H26N4O2. The van der Waals surface area contributed by atoms with Gasteiger partial charge in [-0.25, -0.2) is 0 Å². The van der Waals surface area contributed by atoms with Crippen LogP contribution in [0, 0.1) is 11.3 Å². The van der Waals surface area contributed by atoms with E-state index >= 15 is 0 Å². The van der Waals surface area contributed by atoms with Crippen molar-refractivity contribution in [2.24, 2.45) is 0 Å². The molecule has 0 aliphatic carbocycles. The number of rotatable bonds is 3. The number of carbonyl (C=O) groups is 1. The molecule has 0 radical (unpaired) electrons. The minimum atomic E-state index is -0.304. The van der Waals surface area contributed by atoms with E-state index in [1.54, 1.807) is 0 Å². The highest BCUT2D eigenvalue weighted by atomic mass is 16.5. The summed E-state index contributed by atoms with van der Waals surface area (Å²) in [4.78, 5) is 18.6. The molecule has 25 heavy (non-hydrogen) atoms. The molecule has 1 spiro atoms. The Bertz CT molecular complexity index is 666. The number of anilines is 1. The van der Waals surface area contributed by atoms with Gasteiger partial charge in [-0.1, -0.05) is 6.07 Å². The lowest BCUT2D eigenvalue weighted by Crippen LogP contribution is -2.61. The Morgan fingerprint density at radius 2 is 2.20 bits per heavy atom. The average molecular weight is 342 g/mol. The molecule has 2 aliphatic rings. The van der Waals surface area contributed by atoms with Crippen molar-refractivity contribution in [3.8, 4) is 6.07 Å². The standard InChI is InChI=1S/C19H26N4O2/c1-21(2)13-18(24)23-9-10-25-19(15-23)7-4-8-22(14-19)17-6-3-5-16(11-17)12-20/h3,5-6,11H,4,7-10,13-15H2,1-2H3. The van der Waals surface area contributed by atoms with Crippen molar-refractivity contribution >= 4 is 11.6 Å². The lowest BCUT2D eigenvalue weighted by molar-refractivity contribution is -0.152. The molecule has 6 nitrogen and oxygen atoms in total. The van der Waals surface area contributed by atoms with Crippen LogP contribution in [0.1, 0.15) is 18.4 Å². The topological polar surface area (TPSA) is 59.8 Å². The molecule has 2 aliphatic heterocycles. The Hall–Kier alpha value is -2.10. The van der Waals surface area contributed by atoms with Gasteiger partial charge in [-0.2, -0.15) is 5.26 Å². The number of likely N-dealkylation sites (N-methyl/N-ethyl adjacent to an activating group) is 1. The fourth-order valence-electron chi connectivity index (χ4n) is 3.77. The molecule has 134 valence electrons. The van der Waals surface area contributed by atoms with E-state index in [0.717, 1.165) is 31.6 Å². The SMILES string of the molecule is CN(C)CC(=O)N1CCOC2(CCCN(c3cccc(C#N)c3)C2)C1. The first kappa shape index (κ1) is 17.7. The zero-order chi connectivity index (χ0) is 17.9. The predicted molar refractivity (Wildman–Crippen MR) is 96.4 cm³/mol. The van der Waals surface area contributed by atoms with E-state index < -0.39 is 0 Å². The fraction of sp³-hybridized carbons (Fsp3) is 0.579. The van der Waals surface area contributed by atoms with Gasteiger partial charge in [0, 0.05) is 25.3 Å². The Morgan fingerprint density at radius 1 is 1.36 bits per heavy atom. The summed E-state index contributed by atoms with van der Waals surface area (Å²) in [5.41, 5.74) is 1.42. The van der Waals surface area contributed by atoms with Crippen LogP contribution in [0.15, 0.2) is 24.3 Å². The molecule has 0 N–H and O–H groups in total. The van der Waals surface area contributed by atoms with E-state index in [1.807, 2.05) is 48.2 Å². The molecule has 1 amide bonds. The molecule has 2 saturated heterocycles. The normalized spacial score (nSPS) is 23.8. The van der Waals surface area contributed by atoms with E-state index in [1.165, 1.54) is 0 Å². The van der Waals surface area contributed by atoms with Gasteiger partial charge in [0.25, 0.3) is 0 Å². The highest BCUT2D eigenvalue weighted by molar-refractivity contribution is 5.78. The third-order valence-electron chi connectivity index (χ3n) is 4.93. The maximum Gasteiger partial charge on any atom is 0.236 e. The Labute approximate surface area is 149 Å². The Morgan fingerprint density at radius 3 is 2.96 bits per heavy atom. The number of hydrogen-bond acceptors (Lipinski definition) is 5. The van der Waals surface area contributed by atoms with Gasteiger partial charge in [0.05, 0.1) is 31.3 Å². The van der Waals surface area contributed by atoms with Crippen LogP contribution in [0.4, 0.5) is 5.69 Å². The molecule has 0 aromatic heterocycles. The highest BCUT2D eigenvalue weighted by Gasteiger charge is 2.41. The van der Waals surface area contributed by atoms with Crippen molar-refractivity contribution in [3.05, 3.63) is 29.8 Å². The smallest absolute Gasteiger partial charge is 0.236 e. The minimum Gasteiger partial charge on any atom is -0.369 e. The number of nitrogens with zero attached hydrogens (tertiary/aromatic N) is 4. The summed E-state index contributed by atoms with van der Waals surface area (Å²) in [5, 5.41) is 9.13. The summed E-state index contributed by atoms with van der Waals surface area (Å²) in [7, 11) is 3.83. The van der Waals surface area contributed by atoms with E-state index in [2.05, 4.69) is 11.0 Å². The van der Waals surface area contributed by atoms with Gasteiger partial charge >= 0.3 is 0 Å². The van der Waals surface area contributed by atoms with Crippen molar-refractivity contribution < 1.29 is 9.53 Å². The number of ether oxygens (including phenoxy) is 1. The molecule has 6 heteroatoms. The number of morpholine rings is 1. The molecule has 2 heterocycles. The summed E-state index contributed by atoms with van der Waals surface area (Å²) >= 11 is 0. The number of carbonyl (C=O) groups excluding carboxylic acids is 1. The summed E-state index contributed by atoms with van der Waals surface area (Å²) in [6.45, 7) is 4.04. The molecule has 1 atom stereocenters. The van der Waals surface area contributed by atoms with Gasteiger partial charge < -0.3 is 19.4 Å². The van der Waals surface area contributed by atoms with E-state index in [9.17, 15) is 4.79 Å². The van der Waals surface area contributed by atoms with E-state index in [0.29, 0.717) is 31.8 Å². The van der Waals surface area contributed by atoms with Crippen molar-refractivity contribution in [2.45, 2.75) is 18.4 Å². The molecular weight excluding hydrogens is 316 g/mol. The van der Waals surface area contributed by atoms with Crippen molar-refractivity contribution in [3.63, 3.8) is 0 Å². The van der Waals surface area contributed by atoms with Crippen molar-refractivity contribution in [1.29, 1.82) is 5.26 Å². The number of nitriles is 1. The zero-order valence-electron chi connectivity index (χ0n) is 15.1. The number of amides is 1. The molecule has 1 unspecified atom stereocenters. The number of hydrogen-bond donors (Lipinski definition) is 0. The minimum absolute atomic E-state index is 0.163. The van der Waals surface area contributed by atoms with Crippen LogP contribution >= 0.6 is 0 Å². The summed E-state index contributed by atoms with van der Waals surface area (Å²) in [6.07, 6.45) is 1.99. The largest absolute Gasteiger partial charge is 0.369 e. The van der Waals surface area contributed by atoms with Gasteiger partial charge in [0.2, 0.25) is 5.91 Å². The molecule has 2 fully saturated rings. The first-order chi connectivity index (χ1) is 12.0. The van der Waals surface area contributed by atoms with Gasteiger partial charge in [0.15, 0.2) is 0 Å². The molecule has 0 saturated carbocycles. The van der Waals surface area contributed by atoms with Crippen LogP contribution < -0.4 is 4.90 Å². The van der Waals surface area contributed by atoms with Crippen LogP contribution in [0.3, 0.4) is 0 Å². The summed E-state index contributed by atoms with van der Waals surface area (Å²) in [6, 6.07) is 9.91. The van der Waals surface area contributed by atoms with E-state index in [4.69, 9.17) is 10.00 Å². The van der Waals surface area contributed by atoms with Crippen molar-refractivity contribution in [2.75, 3.05) is 58.3 Å². The second kappa shape index (κ2) is 7.42. The molecule has 1 aromatic carbocycles. The van der Waals surface area contributed by atoms with Gasteiger partial charge in [-0.15, -0.1) is 0 Å². The monoisotopic (exact) mass is 342 g/mol. The van der Waals surface area contributed by atoms with E-state index in [-0.39, 0.29) is 11.5 Å². The van der Waals surface area contributed by atoms with Crippen LogP contribution in [0.25, 0.3) is 0 Å². The summed E-state index contributed by atoms with van der Waals surface area (Å²) < 4.78 is 6.19. The highest BCUT2D eigenvalue weighted by Crippen LogP contribution is 2.32. The Kier molecular flexibility index (Phi) is 5.26. The van der Waals surface area contributed by atoms with Gasteiger partial charge in [-0.3, -0.25) is 4.79 Å². The van der Waals surface area contributed by atoms with Crippen LogP contribution in [0.5, 0.6) is 0 Å². The number of benzene rings is 1. The van der Waals surface area contributed by atoms with Gasteiger partial charge in [0.1, 0.15) is 5.60 Å². The first-order valence-electron chi connectivity index (χ1n) is 8.83. The zero-order valence-corrected chi connectivity index (χ0v) is 15.1.